The summed E-state index contributed by atoms with van der Waals surface area (Å²) in [5.41, 5.74) is 0.561. The lowest BCUT2D eigenvalue weighted by Crippen LogP contribution is -2.30. The number of rotatable bonds is 4. The highest BCUT2D eigenvalue weighted by Crippen LogP contribution is 2.30. The first-order chi connectivity index (χ1) is 9.02. The molecule has 0 amide bonds. The van der Waals surface area contributed by atoms with Gasteiger partial charge in [-0.1, -0.05) is 6.92 Å². The van der Waals surface area contributed by atoms with E-state index in [0.29, 0.717) is 29.4 Å². The number of hydrogen-bond acceptors (Lipinski definition) is 5. The highest BCUT2D eigenvalue weighted by atomic mass is 32.2. The largest absolute Gasteiger partial charge is 0.362 e. The van der Waals surface area contributed by atoms with Crippen molar-refractivity contribution in [3.8, 4) is 0 Å². The zero-order valence-electron chi connectivity index (χ0n) is 11.1. The van der Waals surface area contributed by atoms with Crippen molar-refractivity contribution in [1.29, 1.82) is 0 Å². The maximum atomic E-state index is 11.3. The van der Waals surface area contributed by atoms with Gasteiger partial charge in [0.05, 0.1) is 4.92 Å². The van der Waals surface area contributed by atoms with Crippen LogP contribution in [-0.4, -0.2) is 36.5 Å². The van der Waals surface area contributed by atoms with Gasteiger partial charge in [0.2, 0.25) is 5.82 Å². The second-order valence-electron chi connectivity index (χ2n) is 4.64. The first-order valence-corrected chi connectivity index (χ1v) is 7.83. The summed E-state index contributed by atoms with van der Waals surface area (Å²) in [5, 5.41) is 18.6. The normalized spacial score (nSPS) is 23.3. The lowest BCUT2D eigenvalue weighted by atomic mass is 10.1. The van der Waals surface area contributed by atoms with Crippen LogP contribution in [0.3, 0.4) is 0 Å². The Morgan fingerprint density at radius 3 is 2.68 bits per heavy atom. The molecule has 7 nitrogen and oxygen atoms in total. The molecule has 8 heteroatoms. The Morgan fingerprint density at radius 2 is 2.16 bits per heavy atom. The lowest BCUT2D eigenvalue weighted by Gasteiger charge is -2.22. The van der Waals surface area contributed by atoms with E-state index < -0.39 is 10.8 Å². The molecule has 0 atom stereocenters. The number of aryl methyl sites for hydroxylation is 2. The van der Waals surface area contributed by atoms with E-state index in [9.17, 15) is 14.3 Å². The van der Waals surface area contributed by atoms with Crippen LogP contribution in [0.15, 0.2) is 0 Å². The van der Waals surface area contributed by atoms with Crippen LogP contribution in [0.1, 0.15) is 25.5 Å². The summed E-state index contributed by atoms with van der Waals surface area (Å²) in [5.74, 6) is 1.77. The van der Waals surface area contributed by atoms with Gasteiger partial charge in [0.25, 0.3) is 0 Å². The van der Waals surface area contributed by atoms with Crippen LogP contribution in [0.2, 0.25) is 0 Å². The van der Waals surface area contributed by atoms with Crippen molar-refractivity contribution in [1.82, 2.24) is 9.78 Å². The van der Waals surface area contributed by atoms with Crippen LogP contribution in [0.25, 0.3) is 0 Å². The molecule has 19 heavy (non-hydrogen) atoms. The Labute approximate surface area is 114 Å². The molecule has 1 saturated heterocycles. The molecule has 0 radical (unpaired) electrons. The summed E-state index contributed by atoms with van der Waals surface area (Å²) in [6.45, 7) is 1.85. The third-order valence-corrected chi connectivity index (χ3v) is 4.72. The van der Waals surface area contributed by atoms with Crippen molar-refractivity contribution in [2.45, 2.75) is 32.2 Å². The van der Waals surface area contributed by atoms with Gasteiger partial charge in [0, 0.05) is 35.4 Å². The lowest BCUT2D eigenvalue weighted by molar-refractivity contribution is -0.384. The Kier molecular flexibility index (Phi) is 4.18. The average molecular weight is 286 g/mol. The van der Waals surface area contributed by atoms with Gasteiger partial charge in [0.1, 0.15) is 5.69 Å². The quantitative estimate of drug-likeness (QED) is 0.663. The fraction of sp³-hybridized carbons (Fsp3) is 0.727. The Balaban J connectivity index is 2.22. The van der Waals surface area contributed by atoms with Gasteiger partial charge in [-0.25, -0.2) is 4.68 Å². The van der Waals surface area contributed by atoms with Crippen molar-refractivity contribution in [3.63, 3.8) is 0 Å². The molecular weight excluding hydrogens is 268 g/mol. The second-order valence-corrected chi connectivity index (χ2v) is 6.34. The Hall–Kier alpha value is -1.44. The standard InChI is InChI=1S/C11H18N4O3S/c1-3-9-10(15(16)17)11(14(2)13-9)12-8-4-6-19(18)7-5-8/h8,12H,3-7H2,1-2H3. The zero-order valence-corrected chi connectivity index (χ0v) is 11.9. The maximum Gasteiger partial charge on any atom is 0.333 e. The van der Waals surface area contributed by atoms with E-state index in [2.05, 4.69) is 10.4 Å². The van der Waals surface area contributed by atoms with E-state index in [1.54, 1.807) is 7.05 Å². The first-order valence-electron chi connectivity index (χ1n) is 6.34. The van der Waals surface area contributed by atoms with Gasteiger partial charge in [-0.3, -0.25) is 14.3 Å². The van der Waals surface area contributed by atoms with Crippen molar-refractivity contribution in [2.75, 3.05) is 16.8 Å². The molecule has 1 aromatic rings. The smallest absolute Gasteiger partial charge is 0.333 e. The molecule has 1 N–H and O–H groups in total. The third-order valence-electron chi connectivity index (χ3n) is 3.34. The molecule has 1 aromatic heterocycles. The van der Waals surface area contributed by atoms with E-state index in [1.165, 1.54) is 4.68 Å². The van der Waals surface area contributed by atoms with Crippen LogP contribution in [0, 0.1) is 10.1 Å². The summed E-state index contributed by atoms with van der Waals surface area (Å²) in [4.78, 5) is 10.8. The van der Waals surface area contributed by atoms with Crippen molar-refractivity contribution < 1.29 is 9.13 Å². The number of hydrogen-bond donors (Lipinski definition) is 1. The Bertz CT molecular complexity index is 504. The van der Waals surface area contributed by atoms with Crippen LogP contribution in [-0.2, 0) is 24.3 Å². The summed E-state index contributed by atoms with van der Waals surface area (Å²) >= 11 is 0. The third kappa shape index (κ3) is 2.94. The predicted molar refractivity (Wildman–Crippen MR) is 73.8 cm³/mol. The number of anilines is 1. The fourth-order valence-corrected chi connectivity index (χ4v) is 3.59. The molecule has 0 aromatic carbocycles. The minimum absolute atomic E-state index is 0.0664. The monoisotopic (exact) mass is 286 g/mol. The topological polar surface area (TPSA) is 90.1 Å². The van der Waals surface area contributed by atoms with E-state index in [4.69, 9.17) is 0 Å². The molecule has 1 aliphatic heterocycles. The number of nitrogens with one attached hydrogen (secondary N) is 1. The van der Waals surface area contributed by atoms with E-state index in [0.717, 1.165) is 12.8 Å². The van der Waals surface area contributed by atoms with Crippen LogP contribution >= 0.6 is 0 Å². The minimum atomic E-state index is -0.731. The highest BCUT2D eigenvalue weighted by molar-refractivity contribution is 7.85. The average Bonchev–Trinajstić information content (AvgIpc) is 2.69. The minimum Gasteiger partial charge on any atom is -0.362 e. The van der Waals surface area contributed by atoms with Crippen LogP contribution < -0.4 is 5.32 Å². The van der Waals surface area contributed by atoms with Crippen LogP contribution in [0.4, 0.5) is 11.5 Å². The summed E-state index contributed by atoms with van der Waals surface area (Å²) in [7, 11) is 0.973. The number of nitro groups is 1. The molecule has 1 aliphatic rings. The van der Waals surface area contributed by atoms with Crippen molar-refractivity contribution in [3.05, 3.63) is 15.8 Å². The highest BCUT2D eigenvalue weighted by Gasteiger charge is 2.28. The molecule has 0 saturated carbocycles. The van der Waals surface area contributed by atoms with Gasteiger partial charge in [-0.2, -0.15) is 5.10 Å². The SMILES string of the molecule is CCc1nn(C)c(NC2CCS(=O)CC2)c1[N+](=O)[O-]. The molecule has 0 bridgehead atoms. The zero-order chi connectivity index (χ0) is 14.0. The van der Waals surface area contributed by atoms with Gasteiger partial charge >= 0.3 is 5.69 Å². The van der Waals surface area contributed by atoms with Gasteiger partial charge < -0.3 is 5.32 Å². The molecule has 0 unspecified atom stereocenters. The molecule has 1 fully saturated rings. The predicted octanol–water partition coefficient (Wildman–Crippen LogP) is 1.21. The van der Waals surface area contributed by atoms with Crippen LogP contribution in [0.5, 0.6) is 0 Å². The molecule has 0 spiro atoms. The number of aromatic nitrogens is 2. The van der Waals surface area contributed by atoms with Gasteiger partial charge in [0.15, 0.2) is 0 Å². The Morgan fingerprint density at radius 1 is 1.53 bits per heavy atom. The molecule has 0 aliphatic carbocycles. The van der Waals surface area contributed by atoms with Crippen molar-refractivity contribution in [2.24, 2.45) is 7.05 Å². The van der Waals surface area contributed by atoms with Gasteiger partial charge in [-0.05, 0) is 19.3 Å². The van der Waals surface area contributed by atoms with E-state index in [1.807, 2.05) is 6.92 Å². The molecular formula is C11H18N4O3S. The number of nitrogens with zero attached hydrogens (tertiary/aromatic N) is 3. The van der Waals surface area contributed by atoms with Crippen molar-refractivity contribution >= 4 is 22.3 Å². The fourth-order valence-electron chi connectivity index (χ4n) is 2.29. The first kappa shape index (κ1) is 14.0. The molecule has 2 heterocycles. The maximum absolute atomic E-state index is 11.3. The van der Waals surface area contributed by atoms with Gasteiger partial charge in [-0.15, -0.1) is 0 Å². The van der Waals surface area contributed by atoms with E-state index in [-0.39, 0.29) is 16.7 Å². The summed E-state index contributed by atoms with van der Waals surface area (Å²) < 4.78 is 12.8. The second kappa shape index (κ2) is 5.68. The van der Waals surface area contributed by atoms with E-state index >= 15 is 0 Å². The molecule has 2 rings (SSSR count). The molecule has 106 valence electrons. The summed E-state index contributed by atoms with van der Waals surface area (Å²) in [6.07, 6.45) is 2.08. The summed E-state index contributed by atoms with van der Waals surface area (Å²) in [6, 6.07) is 0.136.